The van der Waals surface area contributed by atoms with E-state index in [1.165, 1.54) is 37.7 Å². The van der Waals surface area contributed by atoms with Crippen molar-refractivity contribution in [3.8, 4) is 0 Å². The number of benzene rings is 1. The minimum atomic E-state index is 0.0195. The standard InChI is InChI=1S/C24H26N4S/c29-24-26-22(21-13-7-8-15-25-21)23(28(24)20-11-5-2-6-12-20)18-14-16-27(17-18)19-9-3-1-4-10-19/h2,5-8,11-17,19,22-23H,1,3-4,9-10H2,(H,26,29). The van der Waals surface area contributed by atoms with Gasteiger partial charge in [-0.2, -0.15) is 0 Å². The van der Waals surface area contributed by atoms with E-state index >= 15 is 0 Å². The van der Waals surface area contributed by atoms with Gasteiger partial charge in [0, 0.05) is 30.3 Å². The van der Waals surface area contributed by atoms with Gasteiger partial charge in [0.25, 0.3) is 0 Å². The Morgan fingerprint density at radius 3 is 2.48 bits per heavy atom. The van der Waals surface area contributed by atoms with E-state index in [2.05, 4.69) is 68.6 Å². The molecule has 2 aliphatic rings. The average Bonchev–Trinajstić information content (AvgIpc) is 3.40. The molecule has 29 heavy (non-hydrogen) atoms. The first-order chi connectivity index (χ1) is 14.3. The number of hydrogen-bond donors (Lipinski definition) is 1. The molecule has 2 atom stereocenters. The molecule has 0 spiro atoms. The van der Waals surface area contributed by atoms with E-state index in [0.29, 0.717) is 6.04 Å². The van der Waals surface area contributed by atoms with Crippen LogP contribution in [-0.2, 0) is 0 Å². The van der Waals surface area contributed by atoms with Crippen LogP contribution in [0, 0.1) is 0 Å². The summed E-state index contributed by atoms with van der Waals surface area (Å²) in [6.07, 6.45) is 13.0. The molecule has 4 nitrogen and oxygen atoms in total. The normalized spacial score (nSPS) is 22.6. The molecule has 0 bridgehead atoms. The molecule has 2 aromatic heterocycles. The zero-order valence-corrected chi connectivity index (χ0v) is 17.3. The van der Waals surface area contributed by atoms with E-state index in [1.807, 2.05) is 24.4 Å². The lowest BCUT2D eigenvalue weighted by Crippen LogP contribution is -2.29. The van der Waals surface area contributed by atoms with E-state index in [4.69, 9.17) is 12.2 Å². The average molecular weight is 403 g/mol. The van der Waals surface area contributed by atoms with E-state index in [0.717, 1.165) is 16.5 Å². The smallest absolute Gasteiger partial charge is 0.174 e. The second kappa shape index (κ2) is 7.99. The van der Waals surface area contributed by atoms with Crippen LogP contribution in [0.1, 0.15) is 61.5 Å². The van der Waals surface area contributed by atoms with Gasteiger partial charge < -0.3 is 14.8 Å². The lowest BCUT2D eigenvalue weighted by molar-refractivity contribution is 0.353. The molecule has 2 fully saturated rings. The highest BCUT2D eigenvalue weighted by molar-refractivity contribution is 7.80. The van der Waals surface area contributed by atoms with E-state index in [-0.39, 0.29) is 12.1 Å². The molecule has 1 aliphatic heterocycles. The molecule has 3 aromatic rings. The summed E-state index contributed by atoms with van der Waals surface area (Å²) in [6, 6.07) is 19.5. The van der Waals surface area contributed by atoms with Crippen molar-refractivity contribution in [2.75, 3.05) is 4.90 Å². The molecule has 3 heterocycles. The van der Waals surface area contributed by atoms with Gasteiger partial charge in [-0.15, -0.1) is 0 Å². The fourth-order valence-electron chi connectivity index (χ4n) is 4.77. The molecular formula is C24H26N4S. The summed E-state index contributed by atoms with van der Waals surface area (Å²) in [4.78, 5) is 6.89. The number of aromatic nitrogens is 2. The van der Waals surface area contributed by atoms with Gasteiger partial charge in [0.1, 0.15) is 0 Å². The van der Waals surface area contributed by atoms with Crippen molar-refractivity contribution in [1.82, 2.24) is 14.9 Å². The highest BCUT2D eigenvalue weighted by Gasteiger charge is 2.41. The molecule has 1 aliphatic carbocycles. The molecule has 1 aromatic carbocycles. The Balaban J connectivity index is 1.54. The van der Waals surface area contributed by atoms with Crippen LogP contribution in [0.25, 0.3) is 0 Å². The summed E-state index contributed by atoms with van der Waals surface area (Å²) in [7, 11) is 0. The molecule has 5 heteroatoms. The van der Waals surface area contributed by atoms with Gasteiger partial charge in [0.15, 0.2) is 5.11 Å². The third kappa shape index (κ3) is 3.55. The van der Waals surface area contributed by atoms with Crippen LogP contribution < -0.4 is 10.2 Å². The Labute approximate surface area is 177 Å². The molecule has 2 unspecified atom stereocenters. The lowest BCUT2D eigenvalue weighted by Gasteiger charge is -2.27. The third-order valence-electron chi connectivity index (χ3n) is 6.21. The van der Waals surface area contributed by atoms with Crippen molar-refractivity contribution in [2.24, 2.45) is 0 Å². The quantitative estimate of drug-likeness (QED) is 0.579. The van der Waals surface area contributed by atoms with Crippen LogP contribution in [0.4, 0.5) is 5.69 Å². The fourth-order valence-corrected chi connectivity index (χ4v) is 5.12. The number of para-hydroxylation sites is 1. The number of rotatable bonds is 4. The van der Waals surface area contributed by atoms with Crippen molar-refractivity contribution in [2.45, 2.75) is 50.2 Å². The molecule has 148 valence electrons. The molecular weight excluding hydrogens is 376 g/mol. The first-order valence-corrected chi connectivity index (χ1v) is 11.0. The molecule has 1 saturated carbocycles. The van der Waals surface area contributed by atoms with Crippen molar-refractivity contribution in [3.05, 3.63) is 84.4 Å². The van der Waals surface area contributed by atoms with Crippen LogP contribution in [0.3, 0.4) is 0 Å². The largest absolute Gasteiger partial charge is 0.351 e. The molecule has 0 radical (unpaired) electrons. The zero-order chi connectivity index (χ0) is 19.6. The van der Waals surface area contributed by atoms with Crippen LogP contribution in [-0.4, -0.2) is 14.7 Å². The van der Waals surface area contributed by atoms with E-state index < -0.39 is 0 Å². The van der Waals surface area contributed by atoms with Gasteiger partial charge in [-0.25, -0.2) is 0 Å². The van der Waals surface area contributed by atoms with Gasteiger partial charge in [0.05, 0.1) is 17.8 Å². The second-order valence-corrected chi connectivity index (χ2v) is 8.40. The number of thiocarbonyl (C=S) groups is 1. The van der Waals surface area contributed by atoms with Gasteiger partial charge >= 0.3 is 0 Å². The monoisotopic (exact) mass is 402 g/mol. The second-order valence-electron chi connectivity index (χ2n) is 8.02. The predicted molar refractivity (Wildman–Crippen MR) is 121 cm³/mol. The molecule has 1 N–H and O–H groups in total. The highest BCUT2D eigenvalue weighted by Crippen LogP contribution is 2.42. The summed E-state index contributed by atoms with van der Waals surface area (Å²) in [5.74, 6) is 0. The van der Waals surface area contributed by atoms with E-state index in [1.54, 1.807) is 0 Å². The summed E-state index contributed by atoms with van der Waals surface area (Å²) in [6.45, 7) is 0. The Kier molecular flexibility index (Phi) is 5.06. The topological polar surface area (TPSA) is 33.1 Å². The van der Waals surface area contributed by atoms with Crippen LogP contribution >= 0.6 is 12.2 Å². The minimum Gasteiger partial charge on any atom is -0.351 e. The van der Waals surface area contributed by atoms with Gasteiger partial charge in [-0.05, 0) is 61.0 Å². The number of nitrogens with zero attached hydrogens (tertiary/aromatic N) is 3. The minimum absolute atomic E-state index is 0.0195. The Morgan fingerprint density at radius 1 is 0.931 bits per heavy atom. The van der Waals surface area contributed by atoms with Crippen LogP contribution in [0.15, 0.2) is 73.2 Å². The summed E-state index contributed by atoms with van der Waals surface area (Å²) >= 11 is 5.79. The molecule has 1 saturated heterocycles. The van der Waals surface area contributed by atoms with Gasteiger partial charge in [-0.3, -0.25) is 4.98 Å². The maximum Gasteiger partial charge on any atom is 0.174 e. The molecule has 5 rings (SSSR count). The number of anilines is 1. The van der Waals surface area contributed by atoms with Gasteiger partial charge in [-0.1, -0.05) is 43.5 Å². The SMILES string of the molecule is S=C1NC(c2ccccn2)C(c2ccn(C3CCCCC3)c2)N1c1ccccc1. The van der Waals surface area contributed by atoms with Crippen molar-refractivity contribution in [3.63, 3.8) is 0 Å². The van der Waals surface area contributed by atoms with E-state index in [9.17, 15) is 0 Å². The Morgan fingerprint density at radius 2 is 1.72 bits per heavy atom. The summed E-state index contributed by atoms with van der Waals surface area (Å²) in [5, 5.41) is 4.29. The number of hydrogen-bond acceptors (Lipinski definition) is 2. The maximum atomic E-state index is 5.79. The van der Waals surface area contributed by atoms with Crippen LogP contribution in [0.5, 0.6) is 0 Å². The van der Waals surface area contributed by atoms with Crippen molar-refractivity contribution < 1.29 is 0 Å². The number of nitrogens with one attached hydrogen (secondary N) is 1. The Bertz CT molecular complexity index is 963. The zero-order valence-electron chi connectivity index (χ0n) is 16.4. The summed E-state index contributed by atoms with van der Waals surface area (Å²) in [5.41, 5.74) is 3.41. The first kappa shape index (κ1) is 18.4. The highest BCUT2D eigenvalue weighted by atomic mass is 32.1. The van der Waals surface area contributed by atoms with Crippen LogP contribution in [0.2, 0.25) is 0 Å². The summed E-state index contributed by atoms with van der Waals surface area (Å²) < 4.78 is 2.43. The maximum absolute atomic E-state index is 5.79. The lowest BCUT2D eigenvalue weighted by atomic mass is 9.95. The fraction of sp³-hybridized carbons (Fsp3) is 0.333. The van der Waals surface area contributed by atoms with Gasteiger partial charge in [0.2, 0.25) is 0 Å². The first-order valence-electron chi connectivity index (χ1n) is 10.5. The molecule has 0 amide bonds. The predicted octanol–water partition coefficient (Wildman–Crippen LogP) is 5.57. The number of pyridine rings is 1. The van der Waals surface area contributed by atoms with Crippen molar-refractivity contribution >= 4 is 23.0 Å². The van der Waals surface area contributed by atoms with Crippen molar-refractivity contribution in [1.29, 1.82) is 0 Å². The Hall–Kier alpha value is -2.66. The third-order valence-corrected chi connectivity index (χ3v) is 6.52.